The number of fused-ring (bicyclic) bond motifs is 3. The zero-order chi connectivity index (χ0) is 36.5. The first-order valence-corrected chi connectivity index (χ1v) is 18.6. The predicted octanol–water partition coefficient (Wildman–Crippen LogP) is 7.20. The summed E-state index contributed by atoms with van der Waals surface area (Å²) in [6.45, 7) is 2.80. The quantitative estimate of drug-likeness (QED) is 0.251. The van der Waals surface area contributed by atoms with Crippen LogP contribution >= 0.6 is 0 Å². The lowest BCUT2D eigenvalue weighted by Gasteiger charge is -2.37. The van der Waals surface area contributed by atoms with Gasteiger partial charge in [-0.3, -0.25) is 18.5 Å². The first-order valence-electron chi connectivity index (χ1n) is 18.6. The third kappa shape index (κ3) is 7.58. The van der Waals surface area contributed by atoms with E-state index < -0.39 is 55.5 Å². The molecule has 3 atom stereocenters. The molecule has 0 unspecified atom stereocenters. The summed E-state index contributed by atoms with van der Waals surface area (Å²) < 4.78 is 53.2. The Bertz CT molecular complexity index is 1610. The van der Waals surface area contributed by atoms with E-state index in [1.165, 1.54) is 17.1 Å². The number of hydrogen-bond donors (Lipinski definition) is 2. The van der Waals surface area contributed by atoms with Crippen molar-refractivity contribution in [3.05, 3.63) is 30.0 Å². The van der Waals surface area contributed by atoms with Crippen molar-refractivity contribution >= 4 is 40.5 Å². The number of hydrogen-bond acceptors (Lipinski definition) is 6. The number of ether oxygens (including phenoxy) is 2. The number of carbonyl (C=O) groups excluding carboxylic acids is 4. The highest BCUT2D eigenvalue weighted by Crippen LogP contribution is 2.42. The molecule has 6 rings (SSSR count). The molecule has 10 nitrogen and oxygen atoms in total. The van der Waals surface area contributed by atoms with Crippen LogP contribution < -0.4 is 10.6 Å². The van der Waals surface area contributed by atoms with Gasteiger partial charge in [0.1, 0.15) is 17.3 Å². The van der Waals surface area contributed by atoms with Gasteiger partial charge in [0, 0.05) is 29.6 Å². The van der Waals surface area contributed by atoms with Crippen LogP contribution in [0.2, 0.25) is 0 Å². The fourth-order valence-electron chi connectivity index (χ4n) is 9.04. The standard InChI is InChI=1S/C38H51F3N4O6/c1-37(2,3)51-36(49)43-29(15-17-39)24-9-11-25(12-10-24)34(47)44-18-16-28(23-7-5-4-6-8-23)32(44)33(46)42-27-13-14-30-26(19-27)20-31-35(48)50-38(21-40,22-41)45(30)31/h13-14,19-20,23-25,28-29,32H,4-12,15-18,21-22H2,1-3H3,(H,42,46)(H,43,49)/t24-,25-,28-,29+,32-/m0/s1. The largest absolute Gasteiger partial charge is 0.444 e. The maximum absolute atomic E-state index is 14.2. The lowest BCUT2D eigenvalue weighted by molar-refractivity contribution is -0.142. The maximum Gasteiger partial charge on any atom is 0.407 e. The van der Waals surface area contributed by atoms with E-state index in [1.807, 2.05) is 0 Å². The van der Waals surface area contributed by atoms with E-state index in [1.54, 1.807) is 43.9 Å². The van der Waals surface area contributed by atoms with Gasteiger partial charge in [0.05, 0.1) is 12.2 Å². The number of cyclic esters (lactones) is 1. The highest BCUT2D eigenvalue weighted by molar-refractivity contribution is 6.02. The zero-order valence-corrected chi connectivity index (χ0v) is 29.9. The van der Waals surface area contributed by atoms with Gasteiger partial charge in [-0.15, -0.1) is 0 Å². The summed E-state index contributed by atoms with van der Waals surface area (Å²) in [4.78, 5) is 55.2. The van der Waals surface area contributed by atoms with Gasteiger partial charge in [-0.1, -0.05) is 32.1 Å². The van der Waals surface area contributed by atoms with Gasteiger partial charge in [-0.2, -0.15) is 0 Å². The van der Waals surface area contributed by atoms with Crippen molar-refractivity contribution < 1.29 is 41.8 Å². The molecule has 0 spiro atoms. The highest BCUT2D eigenvalue weighted by Gasteiger charge is 2.49. The van der Waals surface area contributed by atoms with Crippen LogP contribution in [-0.2, 0) is 24.8 Å². The molecule has 3 heterocycles. The molecule has 2 saturated carbocycles. The molecule has 2 aliphatic carbocycles. The average Bonchev–Trinajstić information content (AvgIpc) is 3.80. The van der Waals surface area contributed by atoms with E-state index in [9.17, 15) is 32.3 Å². The van der Waals surface area contributed by atoms with Crippen molar-refractivity contribution in [1.29, 1.82) is 0 Å². The third-order valence-electron chi connectivity index (χ3n) is 11.5. The summed E-state index contributed by atoms with van der Waals surface area (Å²) in [5.74, 6) is -1.04. The van der Waals surface area contributed by atoms with Crippen LogP contribution in [0.4, 0.5) is 23.7 Å². The van der Waals surface area contributed by atoms with Crippen molar-refractivity contribution in [1.82, 2.24) is 14.8 Å². The fraction of sp³-hybridized carbons (Fsp3) is 0.684. The van der Waals surface area contributed by atoms with Crippen LogP contribution in [0.1, 0.15) is 102 Å². The first-order chi connectivity index (χ1) is 24.4. The number of carbonyl (C=O) groups is 4. The van der Waals surface area contributed by atoms with Gasteiger partial charge >= 0.3 is 12.1 Å². The Morgan fingerprint density at radius 3 is 2.33 bits per heavy atom. The topological polar surface area (TPSA) is 119 Å². The van der Waals surface area contributed by atoms with Crippen LogP contribution in [0.3, 0.4) is 0 Å². The van der Waals surface area contributed by atoms with Gasteiger partial charge in [0.2, 0.25) is 17.5 Å². The second-order valence-corrected chi connectivity index (χ2v) is 15.9. The van der Waals surface area contributed by atoms with E-state index in [-0.39, 0.29) is 41.7 Å². The second-order valence-electron chi connectivity index (χ2n) is 15.9. The average molecular weight is 717 g/mol. The summed E-state index contributed by atoms with van der Waals surface area (Å²) in [5.41, 5.74) is -1.81. The number of rotatable bonds is 10. The minimum Gasteiger partial charge on any atom is -0.444 e. The molecule has 2 N–H and O–H groups in total. The summed E-state index contributed by atoms with van der Waals surface area (Å²) >= 11 is 0. The number of alkyl halides is 3. The molecule has 3 fully saturated rings. The van der Waals surface area contributed by atoms with E-state index >= 15 is 0 Å². The van der Waals surface area contributed by atoms with E-state index in [2.05, 4.69) is 10.6 Å². The number of anilines is 1. The van der Waals surface area contributed by atoms with Crippen LogP contribution in [0, 0.1) is 23.7 Å². The van der Waals surface area contributed by atoms with Crippen molar-refractivity contribution in [2.75, 3.05) is 31.9 Å². The van der Waals surface area contributed by atoms with Crippen molar-refractivity contribution in [2.24, 2.45) is 23.7 Å². The number of benzene rings is 1. The number of halogens is 3. The predicted molar refractivity (Wildman–Crippen MR) is 185 cm³/mol. The van der Waals surface area contributed by atoms with Crippen molar-refractivity contribution in [3.8, 4) is 0 Å². The second kappa shape index (κ2) is 15.1. The molecule has 1 saturated heterocycles. The van der Waals surface area contributed by atoms with Gasteiger partial charge in [0.15, 0.2) is 13.3 Å². The van der Waals surface area contributed by atoms with Crippen LogP contribution in [0.25, 0.3) is 10.9 Å². The fourth-order valence-corrected chi connectivity index (χ4v) is 9.04. The summed E-state index contributed by atoms with van der Waals surface area (Å²) in [7, 11) is 0. The molecular formula is C38H51F3N4O6. The number of esters is 1. The van der Waals surface area contributed by atoms with Crippen molar-refractivity contribution in [2.45, 2.75) is 115 Å². The van der Waals surface area contributed by atoms with Gasteiger partial charge in [-0.05, 0) is 101 Å². The van der Waals surface area contributed by atoms with Crippen LogP contribution in [0.5, 0.6) is 0 Å². The third-order valence-corrected chi connectivity index (χ3v) is 11.5. The van der Waals surface area contributed by atoms with Gasteiger partial charge in [-0.25, -0.2) is 18.4 Å². The molecule has 1 aromatic carbocycles. The van der Waals surface area contributed by atoms with E-state index in [4.69, 9.17) is 9.47 Å². The highest BCUT2D eigenvalue weighted by atomic mass is 19.1. The van der Waals surface area contributed by atoms with Crippen LogP contribution in [0.15, 0.2) is 24.3 Å². The molecule has 51 heavy (non-hydrogen) atoms. The van der Waals surface area contributed by atoms with E-state index in [0.717, 1.165) is 32.1 Å². The van der Waals surface area contributed by atoms with Crippen molar-refractivity contribution in [3.63, 3.8) is 0 Å². The Hall–Kier alpha value is -3.77. The molecule has 0 radical (unpaired) electrons. The minimum absolute atomic E-state index is 0.0115. The molecule has 280 valence electrons. The minimum atomic E-state index is -2.04. The number of alkyl carbamates (subject to hydrolysis) is 1. The Labute approximate surface area is 297 Å². The summed E-state index contributed by atoms with van der Waals surface area (Å²) in [6.07, 6.45) is 8.20. The molecule has 2 aromatic rings. The number of amides is 3. The zero-order valence-electron chi connectivity index (χ0n) is 29.9. The summed E-state index contributed by atoms with van der Waals surface area (Å²) in [6, 6.07) is 5.38. The molecular weight excluding hydrogens is 665 g/mol. The normalized spacial score (nSPS) is 25.7. The number of aromatic nitrogens is 1. The SMILES string of the molecule is CC(C)(C)OC(=O)N[C@H](CCF)[C@H]1CC[C@H](C(=O)N2CC[C@@H](C3CCCCC3)[C@H]2C(=O)Nc2ccc3c(c2)cc2n3C(CF)(CF)OC2=O)CC1. The number of likely N-dealkylation sites (tertiary alicyclic amines) is 1. The molecule has 2 aliphatic heterocycles. The van der Waals surface area contributed by atoms with Gasteiger partial charge < -0.3 is 25.0 Å². The molecule has 0 bridgehead atoms. The Morgan fingerprint density at radius 1 is 0.980 bits per heavy atom. The molecule has 1 aromatic heterocycles. The Morgan fingerprint density at radius 2 is 1.69 bits per heavy atom. The number of nitrogens with zero attached hydrogens (tertiary/aromatic N) is 2. The number of nitrogens with one attached hydrogen (secondary N) is 2. The molecule has 13 heteroatoms. The van der Waals surface area contributed by atoms with Gasteiger partial charge in [0.25, 0.3) is 0 Å². The smallest absolute Gasteiger partial charge is 0.407 e. The molecule has 4 aliphatic rings. The Balaban J connectivity index is 1.17. The molecule has 3 amide bonds. The lowest BCUT2D eigenvalue weighted by atomic mass is 9.75. The van der Waals surface area contributed by atoms with Crippen LogP contribution in [-0.4, -0.2) is 77.6 Å². The monoisotopic (exact) mass is 716 g/mol. The van der Waals surface area contributed by atoms with E-state index in [0.29, 0.717) is 54.7 Å². The maximum atomic E-state index is 14.2. The summed E-state index contributed by atoms with van der Waals surface area (Å²) in [5, 5.41) is 6.42. The first kappa shape index (κ1) is 37.0. The lowest BCUT2D eigenvalue weighted by Crippen LogP contribution is -2.50. The Kier molecular flexibility index (Phi) is 10.9.